The van der Waals surface area contributed by atoms with E-state index in [9.17, 15) is 19.5 Å². The third-order valence-corrected chi connectivity index (χ3v) is 6.10. The SMILES string of the molecule is CCCN(C(=O)C(Cc1ccccc1)NC(=O)OC(C)(C)C)C(C(=O)NCc1ccccc1)c1ccc(O)cc1. The van der Waals surface area contributed by atoms with Crippen molar-refractivity contribution in [2.75, 3.05) is 6.54 Å². The Balaban J connectivity index is 1.97. The molecule has 0 bridgehead atoms. The fourth-order valence-electron chi connectivity index (χ4n) is 4.32. The summed E-state index contributed by atoms with van der Waals surface area (Å²) in [6.45, 7) is 7.73. The minimum atomic E-state index is -0.990. The first kappa shape index (κ1) is 30.2. The van der Waals surface area contributed by atoms with Crippen molar-refractivity contribution in [3.05, 3.63) is 102 Å². The number of carbonyl (C=O) groups excluding carboxylic acids is 3. The molecule has 8 nitrogen and oxygen atoms in total. The molecule has 3 rings (SSSR count). The maximum Gasteiger partial charge on any atom is 0.408 e. The monoisotopic (exact) mass is 545 g/mol. The number of hydrogen-bond acceptors (Lipinski definition) is 5. The zero-order chi connectivity index (χ0) is 29.1. The third-order valence-electron chi connectivity index (χ3n) is 6.10. The normalized spacial score (nSPS) is 12.6. The predicted octanol–water partition coefficient (Wildman–Crippen LogP) is 5.12. The second-order valence-electron chi connectivity index (χ2n) is 10.6. The number of carbonyl (C=O) groups is 3. The first-order valence-corrected chi connectivity index (χ1v) is 13.5. The van der Waals surface area contributed by atoms with E-state index in [4.69, 9.17) is 4.74 Å². The van der Waals surface area contributed by atoms with E-state index < -0.39 is 29.7 Å². The minimum absolute atomic E-state index is 0.0501. The topological polar surface area (TPSA) is 108 Å². The first-order valence-electron chi connectivity index (χ1n) is 13.5. The molecule has 212 valence electrons. The van der Waals surface area contributed by atoms with Crippen LogP contribution in [0.4, 0.5) is 4.79 Å². The average molecular weight is 546 g/mol. The van der Waals surface area contributed by atoms with E-state index in [-0.39, 0.29) is 31.2 Å². The number of ether oxygens (including phenoxy) is 1. The second-order valence-corrected chi connectivity index (χ2v) is 10.6. The Labute approximate surface area is 236 Å². The largest absolute Gasteiger partial charge is 0.508 e. The summed E-state index contributed by atoms with van der Waals surface area (Å²) < 4.78 is 5.46. The van der Waals surface area contributed by atoms with Gasteiger partial charge in [0.25, 0.3) is 0 Å². The molecule has 0 aliphatic rings. The summed E-state index contributed by atoms with van der Waals surface area (Å²) in [7, 11) is 0. The Hall–Kier alpha value is -4.33. The number of nitrogens with zero attached hydrogens (tertiary/aromatic N) is 1. The van der Waals surface area contributed by atoms with Crippen LogP contribution in [0.25, 0.3) is 0 Å². The van der Waals surface area contributed by atoms with E-state index in [1.165, 1.54) is 17.0 Å². The van der Waals surface area contributed by atoms with Gasteiger partial charge in [-0.05, 0) is 56.0 Å². The van der Waals surface area contributed by atoms with Crippen LogP contribution in [0.1, 0.15) is 56.8 Å². The zero-order valence-corrected chi connectivity index (χ0v) is 23.6. The van der Waals surface area contributed by atoms with Gasteiger partial charge < -0.3 is 25.4 Å². The zero-order valence-electron chi connectivity index (χ0n) is 23.6. The van der Waals surface area contributed by atoms with Crippen molar-refractivity contribution in [3.8, 4) is 5.75 Å². The minimum Gasteiger partial charge on any atom is -0.508 e. The Bertz CT molecular complexity index is 1240. The van der Waals surface area contributed by atoms with Gasteiger partial charge in [-0.1, -0.05) is 79.7 Å². The second kappa shape index (κ2) is 14.2. The highest BCUT2D eigenvalue weighted by molar-refractivity contribution is 5.92. The van der Waals surface area contributed by atoms with Crippen LogP contribution >= 0.6 is 0 Å². The molecule has 2 unspecified atom stereocenters. The van der Waals surface area contributed by atoms with Gasteiger partial charge in [-0.2, -0.15) is 0 Å². The van der Waals surface area contributed by atoms with Crippen molar-refractivity contribution in [2.24, 2.45) is 0 Å². The molecule has 40 heavy (non-hydrogen) atoms. The van der Waals surface area contributed by atoms with Crippen molar-refractivity contribution in [2.45, 2.75) is 64.8 Å². The molecule has 0 aliphatic carbocycles. The van der Waals surface area contributed by atoms with E-state index in [0.717, 1.165) is 11.1 Å². The highest BCUT2D eigenvalue weighted by Crippen LogP contribution is 2.25. The number of amides is 3. The van der Waals surface area contributed by atoms with Crippen LogP contribution in [0.2, 0.25) is 0 Å². The van der Waals surface area contributed by atoms with Crippen LogP contribution < -0.4 is 10.6 Å². The smallest absolute Gasteiger partial charge is 0.408 e. The Morgan fingerprint density at radius 1 is 0.875 bits per heavy atom. The molecular formula is C32H39N3O5. The molecule has 0 aromatic heterocycles. The van der Waals surface area contributed by atoms with E-state index in [1.54, 1.807) is 32.9 Å². The van der Waals surface area contributed by atoms with Gasteiger partial charge in [0.15, 0.2) is 0 Å². The van der Waals surface area contributed by atoms with Crippen molar-refractivity contribution in [1.82, 2.24) is 15.5 Å². The van der Waals surface area contributed by atoms with Gasteiger partial charge >= 0.3 is 6.09 Å². The Kier molecular flexibility index (Phi) is 10.7. The summed E-state index contributed by atoms with van der Waals surface area (Å²) in [6.07, 6.45) is 0.0806. The Morgan fingerprint density at radius 2 is 1.45 bits per heavy atom. The highest BCUT2D eigenvalue weighted by atomic mass is 16.6. The molecule has 0 radical (unpaired) electrons. The van der Waals surface area contributed by atoms with Gasteiger partial charge in [0.1, 0.15) is 23.4 Å². The molecule has 0 spiro atoms. The van der Waals surface area contributed by atoms with Gasteiger partial charge in [-0.15, -0.1) is 0 Å². The fraction of sp³-hybridized carbons (Fsp3) is 0.344. The molecule has 3 aromatic rings. The standard InChI is InChI=1S/C32H39N3O5/c1-5-20-35(30(38)27(21-23-12-8-6-9-13-23)34-31(39)40-32(2,3)4)28(25-16-18-26(36)19-17-25)29(37)33-22-24-14-10-7-11-15-24/h6-19,27-28,36H,5,20-22H2,1-4H3,(H,33,37)(H,34,39). The third kappa shape index (κ3) is 9.15. The van der Waals surface area contributed by atoms with Crippen LogP contribution in [-0.2, 0) is 27.3 Å². The number of phenolic OH excluding ortho intramolecular Hbond substituents is 1. The molecular weight excluding hydrogens is 506 g/mol. The highest BCUT2D eigenvalue weighted by Gasteiger charge is 2.36. The lowest BCUT2D eigenvalue weighted by Gasteiger charge is -2.34. The van der Waals surface area contributed by atoms with Crippen LogP contribution in [0, 0.1) is 0 Å². The first-order chi connectivity index (χ1) is 19.1. The molecule has 3 amide bonds. The number of rotatable bonds is 11. The number of hydrogen-bond donors (Lipinski definition) is 3. The van der Waals surface area contributed by atoms with Gasteiger partial charge in [0.2, 0.25) is 11.8 Å². The molecule has 0 fully saturated rings. The maximum atomic E-state index is 14.2. The van der Waals surface area contributed by atoms with Gasteiger partial charge in [-0.25, -0.2) is 4.79 Å². The van der Waals surface area contributed by atoms with Gasteiger partial charge in [0, 0.05) is 19.5 Å². The lowest BCUT2D eigenvalue weighted by Crippen LogP contribution is -2.54. The van der Waals surface area contributed by atoms with Gasteiger partial charge in [-0.3, -0.25) is 9.59 Å². The molecule has 3 aromatic carbocycles. The summed E-state index contributed by atoms with van der Waals surface area (Å²) >= 11 is 0. The van der Waals surface area contributed by atoms with Crippen LogP contribution in [0.3, 0.4) is 0 Å². The molecule has 0 saturated carbocycles. The van der Waals surface area contributed by atoms with E-state index in [0.29, 0.717) is 12.0 Å². The number of phenols is 1. The number of alkyl carbamates (subject to hydrolysis) is 1. The van der Waals surface area contributed by atoms with Crippen molar-refractivity contribution >= 4 is 17.9 Å². The Morgan fingerprint density at radius 3 is 2.00 bits per heavy atom. The molecule has 3 N–H and O–H groups in total. The predicted molar refractivity (Wildman–Crippen MR) is 154 cm³/mol. The van der Waals surface area contributed by atoms with Crippen LogP contribution in [0.15, 0.2) is 84.9 Å². The van der Waals surface area contributed by atoms with Gasteiger partial charge in [0.05, 0.1) is 0 Å². The number of benzene rings is 3. The summed E-state index contributed by atoms with van der Waals surface area (Å²) in [5.74, 6) is -0.731. The molecule has 0 saturated heterocycles. The summed E-state index contributed by atoms with van der Waals surface area (Å²) in [6, 6.07) is 23.1. The lowest BCUT2D eigenvalue weighted by atomic mass is 10.00. The summed E-state index contributed by atoms with van der Waals surface area (Å²) in [5, 5.41) is 15.6. The van der Waals surface area contributed by atoms with Crippen molar-refractivity contribution in [3.63, 3.8) is 0 Å². The number of nitrogens with one attached hydrogen (secondary N) is 2. The average Bonchev–Trinajstić information content (AvgIpc) is 2.92. The summed E-state index contributed by atoms with van der Waals surface area (Å²) in [5.41, 5.74) is 1.56. The summed E-state index contributed by atoms with van der Waals surface area (Å²) in [4.78, 5) is 42.3. The maximum absolute atomic E-state index is 14.2. The molecule has 8 heteroatoms. The van der Waals surface area contributed by atoms with E-state index >= 15 is 0 Å². The van der Waals surface area contributed by atoms with Crippen molar-refractivity contribution < 1.29 is 24.2 Å². The van der Waals surface area contributed by atoms with E-state index in [1.807, 2.05) is 67.6 Å². The van der Waals surface area contributed by atoms with Crippen LogP contribution in [0.5, 0.6) is 5.75 Å². The molecule has 0 heterocycles. The van der Waals surface area contributed by atoms with Crippen LogP contribution in [-0.4, -0.2) is 46.1 Å². The molecule has 0 aliphatic heterocycles. The quantitative estimate of drug-likeness (QED) is 0.310. The van der Waals surface area contributed by atoms with E-state index in [2.05, 4.69) is 10.6 Å². The fourth-order valence-corrected chi connectivity index (χ4v) is 4.32. The van der Waals surface area contributed by atoms with Crippen molar-refractivity contribution in [1.29, 1.82) is 0 Å². The number of aromatic hydroxyl groups is 1. The molecule has 2 atom stereocenters. The lowest BCUT2D eigenvalue weighted by molar-refractivity contribution is -0.142.